The minimum atomic E-state index is 0.533. The van der Waals surface area contributed by atoms with E-state index in [1.165, 1.54) is 34.2 Å². The molecule has 2 aromatic carbocycles. The van der Waals surface area contributed by atoms with Crippen molar-refractivity contribution in [2.24, 2.45) is 0 Å². The van der Waals surface area contributed by atoms with Crippen LogP contribution in [0.5, 0.6) is 0 Å². The molecule has 21 heavy (non-hydrogen) atoms. The highest BCUT2D eigenvalue weighted by Gasteiger charge is 2.11. The second kappa shape index (κ2) is 7.42. The van der Waals surface area contributed by atoms with Crippen LogP contribution in [0.1, 0.15) is 34.2 Å². The summed E-state index contributed by atoms with van der Waals surface area (Å²) in [6, 6.07) is 15.9. The van der Waals surface area contributed by atoms with E-state index in [1.807, 2.05) is 0 Å². The molecule has 0 aliphatic heterocycles. The van der Waals surface area contributed by atoms with Crippen LogP contribution in [0.3, 0.4) is 0 Å². The Morgan fingerprint density at radius 3 is 2.14 bits per heavy atom. The quantitative estimate of drug-likeness (QED) is 0.829. The molecule has 1 nitrogen and oxygen atoms in total. The molecular formula is C20H27N. The van der Waals surface area contributed by atoms with Crippen molar-refractivity contribution in [3.63, 3.8) is 0 Å². The zero-order valence-corrected chi connectivity index (χ0v) is 13.7. The van der Waals surface area contributed by atoms with Gasteiger partial charge in [0, 0.05) is 6.04 Å². The predicted molar refractivity (Wildman–Crippen MR) is 92.0 cm³/mol. The molecule has 2 rings (SSSR count). The number of benzene rings is 2. The molecule has 0 heterocycles. The van der Waals surface area contributed by atoms with Gasteiger partial charge in [0.15, 0.2) is 0 Å². The summed E-state index contributed by atoms with van der Waals surface area (Å²) in [4.78, 5) is 0. The van der Waals surface area contributed by atoms with Crippen molar-refractivity contribution in [2.75, 3.05) is 7.05 Å². The first-order valence-electron chi connectivity index (χ1n) is 7.88. The van der Waals surface area contributed by atoms with E-state index in [1.54, 1.807) is 0 Å². The number of hydrogen-bond acceptors (Lipinski definition) is 1. The lowest BCUT2D eigenvalue weighted by molar-refractivity contribution is 0.518. The molecule has 0 saturated heterocycles. The maximum absolute atomic E-state index is 3.49. The maximum Gasteiger partial charge on any atom is 0.0108 e. The Hall–Kier alpha value is -1.60. The van der Waals surface area contributed by atoms with Crippen LogP contribution in [-0.4, -0.2) is 13.1 Å². The van der Waals surface area contributed by atoms with Crippen molar-refractivity contribution in [3.8, 4) is 0 Å². The summed E-state index contributed by atoms with van der Waals surface area (Å²) in [5.74, 6) is 0. The zero-order valence-electron chi connectivity index (χ0n) is 13.7. The molecule has 1 N–H and O–H groups in total. The van der Waals surface area contributed by atoms with Crippen LogP contribution in [-0.2, 0) is 12.8 Å². The molecule has 1 heteroatoms. The molecule has 0 saturated carbocycles. The Balaban J connectivity index is 2.02. The minimum Gasteiger partial charge on any atom is -0.317 e. The largest absolute Gasteiger partial charge is 0.317 e. The summed E-state index contributed by atoms with van der Waals surface area (Å²) in [6.07, 6.45) is 3.42. The number of hydrogen-bond donors (Lipinski definition) is 1. The summed E-state index contributed by atoms with van der Waals surface area (Å²) < 4.78 is 0. The van der Waals surface area contributed by atoms with Crippen LogP contribution < -0.4 is 5.32 Å². The van der Waals surface area contributed by atoms with Crippen LogP contribution in [0.4, 0.5) is 0 Å². The molecule has 0 spiro atoms. The summed E-state index contributed by atoms with van der Waals surface area (Å²) in [5.41, 5.74) is 7.14. The Labute approximate surface area is 129 Å². The van der Waals surface area contributed by atoms with E-state index < -0.39 is 0 Å². The van der Waals surface area contributed by atoms with Gasteiger partial charge in [0.2, 0.25) is 0 Å². The molecule has 0 aromatic heterocycles. The van der Waals surface area contributed by atoms with Gasteiger partial charge in [-0.3, -0.25) is 0 Å². The van der Waals surface area contributed by atoms with Gasteiger partial charge in [0.25, 0.3) is 0 Å². The average Bonchev–Trinajstić information content (AvgIpc) is 2.47. The average molecular weight is 281 g/mol. The summed E-state index contributed by atoms with van der Waals surface area (Å²) in [5, 5.41) is 3.49. The SMILES string of the molecule is CNC(CCc1ccccc1)Cc1c(C)cc(C)cc1C. The van der Waals surface area contributed by atoms with Gasteiger partial charge in [-0.05, 0) is 69.3 Å². The first-order valence-corrected chi connectivity index (χ1v) is 7.88. The summed E-state index contributed by atoms with van der Waals surface area (Å²) in [6.45, 7) is 6.65. The van der Waals surface area contributed by atoms with Gasteiger partial charge in [-0.15, -0.1) is 0 Å². The third kappa shape index (κ3) is 4.44. The van der Waals surface area contributed by atoms with E-state index in [9.17, 15) is 0 Å². The van der Waals surface area contributed by atoms with E-state index in [4.69, 9.17) is 0 Å². The van der Waals surface area contributed by atoms with Gasteiger partial charge >= 0.3 is 0 Å². The maximum atomic E-state index is 3.49. The Kier molecular flexibility index (Phi) is 5.58. The summed E-state index contributed by atoms with van der Waals surface area (Å²) >= 11 is 0. The van der Waals surface area contributed by atoms with Gasteiger partial charge < -0.3 is 5.32 Å². The molecule has 0 radical (unpaired) electrons. The molecule has 1 unspecified atom stereocenters. The van der Waals surface area contributed by atoms with Crippen LogP contribution in [0.2, 0.25) is 0 Å². The van der Waals surface area contributed by atoms with Crippen LogP contribution >= 0.6 is 0 Å². The molecule has 0 aliphatic carbocycles. The number of rotatable bonds is 6. The minimum absolute atomic E-state index is 0.533. The highest BCUT2D eigenvalue weighted by Crippen LogP contribution is 2.19. The number of nitrogens with one attached hydrogen (secondary N) is 1. The highest BCUT2D eigenvalue weighted by atomic mass is 14.9. The monoisotopic (exact) mass is 281 g/mol. The lowest BCUT2D eigenvalue weighted by Crippen LogP contribution is -2.28. The second-order valence-corrected chi connectivity index (χ2v) is 6.09. The van der Waals surface area contributed by atoms with Gasteiger partial charge in [0.05, 0.1) is 0 Å². The molecule has 0 aliphatic rings. The van der Waals surface area contributed by atoms with E-state index in [-0.39, 0.29) is 0 Å². The van der Waals surface area contributed by atoms with Crippen molar-refractivity contribution >= 4 is 0 Å². The van der Waals surface area contributed by atoms with E-state index in [0.717, 1.165) is 12.8 Å². The third-order valence-electron chi connectivity index (χ3n) is 4.32. The smallest absolute Gasteiger partial charge is 0.0108 e. The molecule has 0 bridgehead atoms. The van der Waals surface area contributed by atoms with Crippen molar-refractivity contribution in [1.29, 1.82) is 0 Å². The fraction of sp³-hybridized carbons (Fsp3) is 0.400. The normalized spacial score (nSPS) is 12.4. The topological polar surface area (TPSA) is 12.0 Å². The first kappa shape index (κ1) is 15.8. The van der Waals surface area contributed by atoms with E-state index in [0.29, 0.717) is 6.04 Å². The predicted octanol–water partition coefficient (Wildman–Crippen LogP) is 4.38. The molecule has 0 amide bonds. The lowest BCUT2D eigenvalue weighted by Gasteiger charge is -2.19. The fourth-order valence-corrected chi connectivity index (χ4v) is 3.11. The van der Waals surface area contributed by atoms with Gasteiger partial charge in [-0.1, -0.05) is 48.0 Å². The third-order valence-corrected chi connectivity index (χ3v) is 4.32. The molecule has 112 valence electrons. The molecular weight excluding hydrogens is 254 g/mol. The van der Waals surface area contributed by atoms with Gasteiger partial charge in [0.1, 0.15) is 0 Å². The summed E-state index contributed by atoms with van der Waals surface area (Å²) in [7, 11) is 2.08. The van der Waals surface area contributed by atoms with Crippen molar-refractivity contribution < 1.29 is 0 Å². The first-order chi connectivity index (χ1) is 10.1. The second-order valence-electron chi connectivity index (χ2n) is 6.09. The van der Waals surface area contributed by atoms with E-state index in [2.05, 4.69) is 75.6 Å². The fourth-order valence-electron chi connectivity index (χ4n) is 3.11. The van der Waals surface area contributed by atoms with Crippen LogP contribution in [0.15, 0.2) is 42.5 Å². The Bertz CT molecular complexity index is 549. The van der Waals surface area contributed by atoms with Crippen molar-refractivity contribution in [1.82, 2.24) is 5.32 Å². The van der Waals surface area contributed by atoms with Gasteiger partial charge in [-0.2, -0.15) is 0 Å². The number of aryl methyl sites for hydroxylation is 4. The van der Waals surface area contributed by atoms with E-state index >= 15 is 0 Å². The standard InChI is InChI=1S/C20H27N/c1-15-12-16(2)20(17(3)13-15)14-19(21-4)11-10-18-8-6-5-7-9-18/h5-9,12-13,19,21H,10-11,14H2,1-4H3. The molecule has 2 aromatic rings. The Morgan fingerprint density at radius 1 is 0.952 bits per heavy atom. The Morgan fingerprint density at radius 2 is 1.57 bits per heavy atom. The van der Waals surface area contributed by atoms with Crippen LogP contribution in [0.25, 0.3) is 0 Å². The lowest BCUT2D eigenvalue weighted by atomic mass is 9.92. The zero-order chi connectivity index (χ0) is 15.2. The molecule has 1 atom stereocenters. The van der Waals surface area contributed by atoms with Gasteiger partial charge in [-0.25, -0.2) is 0 Å². The number of likely N-dealkylation sites (N-methyl/N-ethyl adjacent to an activating group) is 1. The highest BCUT2D eigenvalue weighted by molar-refractivity contribution is 5.38. The van der Waals surface area contributed by atoms with Crippen LogP contribution in [0, 0.1) is 20.8 Å². The van der Waals surface area contributed by atoms with Crippen molar-refractivity contribution in [3.05, 3.63) is 70.3 Å². The van der Waals surface area contributed by atoms with Crippen molar-refractivity contribution in [2.45, 2.75) is 46.1 Å². The molecule has 0 fully saturated rings.